The van der Waals surface area contributed by atoms with Gasteiger partial charge in [-0.25, -0.2) is 0 Å². The summed E-state index contributed by atoms with van der Waals surface area (Å²) in [6.45, 7) is 7.52. The van der Waals surface area contributed by atoms with Crippen LogP contribution in [0.4, 0.5) is 0 Å². The second kappa shape index (κ2) is 4.01. The van der Waals surface area contributed by atoms with E-state index in [0.717, 1.165) is 18.3 Å². The van der Waals surface area contributed by atoms with E-state index in [1.54, 1.807) is 6.08 Å². The molecule has 15 heavy (non-hydrogen) atoms. The van der Waals surface area contributed by atoms with Gasteiger partial charge in [0.05, 0.1) is 0 Å². The van der Waals surface area contributed by atoms with Crippen LogP contribution >= 0.6 is 0 Å². The molecule has 2 rings (SSSR count). The minimum Gasteiger partial charge on any atom is -0.303 e. The van der Waals surface area contributed by atoms with E-state index in [-0.39, 0.29) is 5.92 Å². The van der Waals surface area contributed by atoms with Gasteiger partial charge >= 0.3 is 0 Å². The molecule has 4 unspecified atom stereocenters. The molecule has 1 fully saturated rings. The molecule has 1 heteroatoms. The number of fused-ring (bicyclic) bond motifs is 2. The number of aldehydes is 1. The summed E-state index contributed by atoms with van der Waals surface area (Å²) < 4.78 is 0. The van der Waals surface area contributed by atoms with E-state index in [9.17, 15) is 4.79 Å². The van der Waals surface area contributed by atoms with Crippen LogP contribution in [0.3, 0.4) is 0 Å². The lowest BCUT2D eigenvalue weighted by Crippen LogP contribution is -2.22. The SMILES string of the molecule is C=C/C=C(\C=C)C1C2C=CC(C2)C1C=O. The van der Waals surface area contributed by atoms with Crippen molar-refractivity contribution in [2.45, 2.75) is 6.42 Å². The van der Waals surface area contributed by atoms with Crippen LogP contribution in [0.1, 0.15) is 6.42 Å². The maximum atomic E-state index is 11.1. The zero-order chi connectivity index (χ0) is 10.8. The summed E-state index contributed by atoms with van der Waals surface area (Å²) in [7, 11) is 0. The Hall–Kier alpha value is -1.37. The van der Waals surface area contributed by atoms with E-state index in [4.69, 9.17) is 0 Å². The number of carbonyl (C=O) groups excluding carboxylic acids is 1. The fourth-order valence-corrected chi connectivity index (χ4v) is 2.97. The highest BCUT2D eigenvalue weighted by molar-refractivity contribution is 5.59. The number of hydrogen-bond donors (Lipinski definition) is 0. The van der Waals surface area contributed by atoms with Gasteiger partial charge < -0.3 is 4.79 Å². The molecule has 78 valence electrons. The van der Waals surface area contributed by atoms with E-state index in [2.05, 4.69) is 25.3 Å². The van der Waals surface area contributed by atoms with E-state index in [1.807, 2.05) is 12.2 Å². The van der Waals surface area contributed by atoms with Gasteiger partial charge in [-0.2, -0.15) is 0 Å². The molecule has 0 aromatic heterocycles. The highest BCUT2D eigenvalue weighted by Gasteiger charge is 2.45. The molecule has 0 aliphatic heterocycles. The molecule has 1 saturated carbocycles. The van der Waals surface area contributed by atoms with Crippen LogP contribution in [0.5, 0.6) is 0 Å². The molecule has 0 aromatic carbocycles. The number of allylic oxidation sites excluding steroid dienone is 6. The first kappa shape index (κ1) is 10.2. The first-order valence-corrected chi connectivity index (χ1v) is 5.40. The molecule has 2 aliphatic carbocycles. The summed E-state index contributed by atoms with van der Waals surface area (Å²) in [4.78, 5) is 11.1. The Balaban J connectivity index is 2.31. The number of rotatable bonds is 4. The molecule has 4 atom stereocenters. The van der Waals surface area contributed by atoms with E-state index >= 15 is 0 Å². The molecule has 0 saturated heterocycles. The Kier molecular flexibility index (Phi) is 2.72. The van der Waals surface area contributed by atoms with Gasteiger partial charge in [0, 0.05) is 11.8 Å². The van der Waals surface area contributed by atoms with Crippen LogP contribution in [0.25, 0.3) is 0 Å². The van der Waals surface area contributed by atoms with E-state index < -0.39 is 0 Å². The van der Waals surface area contributed by atoms with Gasteiger partial charge in [-0.05, 0) is 23.8 Å². The summed E-state index contributed by atoms with van der Waals surface area (Å²) >= 11 is 0. The Labute approximate surface area is 90.9 Å². The lowest BCUT2D eigenvalue weighted by Gasteiger charge is -2.24. The van der Waals surface area contributed by atoms with Crippen LogP contribution in [0.2, 0.25) is 0 Å². The third-order valence-corrected chi connectivity index (χ3v) is 3.61. The van der Waals surface area contributed by atoms with Crippen LogP contribution < -0.4 is 0 Å². The minimum absolute atomic E-state index is 0.143. The van der Waals surface area contributed by atoms with E-state index in [0.29, 0.717) is 17.8 Å². The van der Waals surface area contributed by atoms with Gasteiger partial charge in [-0.3, -0.25) is 0 Å². The van der Waals surface area contributed by atoms with Crippen molar-refractivity contribution in [1.82, 2.24) is 0 Å². The average Bonchev–Trinajstić information content (AvgIpc) is 2.85. The normalized spacial score (nSPS) is 38.0. The predicted octanol–water partition coefficient (Wildman–Crippen LogP) is 2.92. The Morgan fingerprint density at radius 3 is 2.60 bits per heavy atom. The van der Waals surface area contributed by atoms with Gasteiger partial charge in [0.1, 0.15) is 6.29 Å². The van der Waals surface area contributed by atoms with Crippen molar-refractivity contribution < 1.29 is 4.79 Å². The Morgan fingerprint density at radius 1 is 1.27 bits per heavy atom. The van der Waals surface area contributed by atoms with Gasteiger partial charge in [0.15, 0.2) is 0 Å². The first-order chi connectivity index (χ1) is 7.31. The van der Waals surface area contributed by atoms with Crippen LogP contribution in [-0.4, -0.2) is 6.29 Å². The standard InChI is InChI=1S/C14H16O/c1-3-5-10(4-2)14-12-7-6-11(8-12)13(14)9-15/h3-7,9,11-14H,1-2,8H2/b10-5+. The fourth-order valence-electron chi connectivity index (χ4n) is 2.97. The molecule has 0 spiro atoms. The molecular weight excluding hydrogens is 184 g/mol. The Bertz CT molecular complexity index is 348. The van der Waals surface area contributed by atoms with Crippen molar-refractivity contribution in [3.63, 3.8) is 0 Å². The smallest absolute Gasteiger partial charge is 0.124 e. The molecule has 2 aliphatic rings. The van der Waals surface area contributed by atoms with Crippen LogP contribution in [0, 0.1) is 23.7 Å². The second-order valence-electron chi connectivity index (χ2n) is 4.29. The quantitative estimate of drug-likeness (QED) is 0.387. The molecule has 0 N–H and O–H groups in total. The van der Waals surface area contributed by atoms with Crippen molar-refractivity contribution in [3.8, 4) is 0 Å². The topological polar surface area (TPSA) is 17.1 Å². The van der Waals surface area contributed by atoms with Crippen LogP contribution in [0.15, 0.2) is 49.1 Å². The van der Waals surface area contributed by atoms with Crippen molar-refractivity contribution in [2.75, 3.05) is 0 Å². The summed E-state index contributed by atoms with van der Waals surface area (Å²) in [5, 5.41) is 0. The van der Waals surface area contributed by atoms with Crippen molar-refractivity contribution >= 4 is 6.29 Å². The maximum Gasteiger partial charge on any atom is 0.124 e. The summed E-state index contributed by atoms with van der Waals surface area (Å²) in [5.41, 5.74) is 1.15. The molecule has 0 amide bonds. The average molecular weight is 200 g/mol. The molecular formula is C14H16O. The lowest BCUT2D eigenvalue weighted by molar-refractivity contribution is -0.112. The largest absolute Gasteiger partial charge is 0.303 e. The molecule has 0 heterocycles. The first-order valence-electron chi connectivity index (χ1n) is 5.40. The highest BCUT2D eigenvalue weighted by Crippen LogP contribution is 2.50. The third-order valence-electron chi connectivity index (χ3n) is 3.61. The van der Waals surface area contributed by atoms with Crippen LogP contribution in [-0.2, 0) is 4.79 Å². The summed E-state index contributed by atoms with van der Waals surface area (Å²) in [6.07, 6.45) is 12.3. The summed E-state index contributed by atoms with van der Waals surface area (Å²) in [6, 6.07) is 0. The van der Waals surface area contributed by atoms with Crippen molar-refractivity contribution in [1.29, 1.82) is 0 Å². The van der Waals surface area contributed by atoms with Crippen molar-refractivity contribution in [3.05, 3.63) is 49.1 Å². The number of hydrogen-bond acceptors (Lipinski definition) is 1. The van der Waals surface area contributed by atoms with Gasteiger partial charge in [-0.15, -0.1) is 0 Å². The molecule has 2 bridgehead atoms. The summed E-state index contributed by atoms with van der Waals surface area (Å²) in [5.74, 6) is 1.44. The van der Waals surface area contributed by atoms with Crippen molar-refractivity contribution in [2.24, 2.45) is 23.7 Å². The molecule has 0 radical (unpaired) electrons. The lowest BCUT2D eigenvalue weighted by atomic mass is 9.79. The second-order valence-corrected chi connectivity index (χ2v) is 4.29. The van der Waals surface area contributed by atoms with Gasteiger partial charge in [0.2, 0.25) is 0 Å². The highest BCUT2D eigenvalue weighted by atomic mass is 16.1. The fraction of sp³-hybridized carbons (Fsp3) is 0.357. The predicted molar refractivity (Wildman–Crippen MR) is 62.3 cm³/mol. The van der Waals surface area contributed by atoms with E-state index in [1.165, 1.54) is 0 Å². The molecule has 1 nitrogen and oxygen atoms in total. The monoisotopic (exact) mass is 200 g/mol. The molecule has 0 aromatic rings. The zero-order valence-electron chi connectivity index (χ0n) is 8.80. The Morgan fingerprint density at radius 2 is 2.00 bits per heavy atom. The van der Waals surface area contributed by atoms with Gasteiger partial charge in [-0.1, -0.05) is 43.5 Å². The zero-order valence-corrected chi connectivity index (χ0v) is 8.80. The maximum absolute atomic E-state index is 11.1. The minimum atomic E-state index is 0.143. The third kappa shape index (κ3) is 1.52. The number of carbonyl (C=O) groups is 1. The van der Waals surface area contributed by atoms with Gasteiger partial charge in [0.25, 0.3) is 0 Å².